The van der Waals surface area contributed by atoms with Crippen LogP contribution in [0, 0.1) is 5.82 Å². The van der Waals surface area contributed by atoms with Crippen LogP contribution < -0.4 is 9.47 Å². The first-order chi connectivity index (χ1) is 13.1. The zero-order chi connectivity index (χ0) is 18.8. The van der Waals surface area contributed by atoms with Gasteiger partial charge in [-0.05, 0) is 54.6 Å². The molecule has 0 aliphatic rings. The summed E-state index contributed by atoms with van der Waals surface area (Å²) in [5, 5.41) is 4.78. The van der Waals surface area contributed by atoms with Crippen molar-refractivity contribution in [1.82, 2.24) is 5.16 Å². The van der Waals surface area contributed by atoms with E-state index in [9.17, 15) is 9.18 Å². The van der Waals surface area contributed by atoms with E-state index >= 15 is 0 Å². The molecule has 134 valence electrons. The number of nitrogens with zero attached hydrogens (tertiary/aromatic N) is 1. The van der Waals surface area contributed by atoms with Crippen molar-refractivity contribution in [2.24, 2.45) is 0 Å². The molecule has 6 heteroatoms. The molecule has 5 nitrogen and oxygen atoms in total. The molecule has 0 spiro atoms. The third-order valence-electron chi connectivity index (χ3n) is 4.08. The summed E-state index contributed by atoms with van der Waals surface area (Å²) in [5.41, 5.74) is 2.16. The highest BCUT2D eigenvalue weighted by atomic mass is 19.1. The van der Waals surface area contributed by atoms with Gasteiger partial charge in [-0.3, -0.25) is 0 Å². The van der Waals surface area contributed by atoms with Crippen molar-refractivity contribution >= 4 is 16.9 Å². The van der Waals surface area contributed by atoms with Gasteiger partial charge in [-0.15, -0.1) is 0 Å². The van der Waals surface area contributed by atoms with Crippen LogP contribution in [0.1, 0.15) is 10.4 Å². The molecule has 0 aliphatic carbocycles. The Kier molecular flexibility index (Phi) is 4.30. The summed E-state index contributed by atoms with van der Waals surface area (Å²) in [7, 11) is 1.53. The van der Waals surface area contributed by atoms with Crippen molar-refractivity contribution in [3.05, 3.63) is 78.1 Å². The molecule has 0 aliphatic heterocycles. The molecule has 3 aromatic carbocycles. The van der Waals surface area contributed by atoms with Gasteiger partial charge in [-0.25, -0.2) is 9.18 Å². The van der Waals surface area contributed by atoms with E-state index in [1.54, 1.807) is 54.6 Å². The monoisotopic (exact) mass is 363 g/mol. The molecule has 0 amide bonds. The number of fused-ring (bicyclic) bond motifs is 1. The van der Waals surface area contributed by atoms with E-state index in [0.29, 0.717) is 28.3 Å². The molecule has 0 fully saturated rings. The Morgan fingerprint density at radius 2 is 1.81 bits per heavy atom. The number of hydrogen-bond acceptors (Lipinski definition) is 5. The molecule has 0 saturated carbocycles. The second-order valence-electron chi connectivity index (χ2n) is 5.82. The van der Waals surface area contributed by atoms with Crippen molar-refractivity contribution in [2.75, 3.05) is 7.11 Å². The van der Waals surface area contributed by atoms with Crippen molar-refractivity contribution in [1.29, 1.82) is 0 Å². The van der Waals surface area contributed by atoms with Crippen LogP contribution in [0.5, 0.6) is 11.5 Å². The van der Waals surface area contributed by atoms with Gasteiger partial charge in [-0.1, -0.05) is 11.2 Å². The molecule has 0 atom stereocenters. The van der Waals surface area contributed by atoms with Gasteiger partial charge < -0.3 is 14.0 Å². The van der Waals surface area contributed by atoms with Gasteiger partial charge in [-0.2, -0.15) is 0 Å². The normalized spacial score (nSPS) is 10.7. The van der Waals surface area contributed by atoms with Gasteiger partial charge in [0.05, 0.1) is 12.7 Å². The fourth-order valence-corrected chi connectivity index (χ4v) is 2.71. The summed E-state index contributed by atoms with van der Waals surface area (Å²) in [6, 6.07) is 17.7. The predicted molar refractivity (Wildman–Crippen MR) is 97.4 cm³/mol. The smallest absolute Gasteiger partial charge is 0.343 e. The van der Waals surface area contributed by atoms with E-state index in [-0.39, 0.29) is 5.82 Å². The molecule has 0 N–H and O–H groups in total. The summed E-state index contributed by atoms with van der Waals surface area (Å²) in [4.78, 5) is 12.3. The Hall–Kier alpha value is -3.67. The maximum absolute atomic E-state index is 13.1. The first-order valence-corrected chi connectivity index (χ1v) is 8.15. The Morgan fingerprint density at radius 3 is 2.59 bits per heavy atom. The lowest BCUT2D eigenvalue weighted by atomic mass is 10.1. The Morgan fingerprint density at radius 1 is 1.00 bits per heavy atom. The summed E-state index contributed by atoms with van der Waals surface area (Å²) < 4.78 is 29.0. The Bertz CT molecular complexity index is 1120. The molecule has 1 aromatic heterocycles. The number of benzene rings is 3. The Balaban J connectivity index is 1.60. The van der Waals surface area contributed by atoms with Crippen molar-refractivity contribution < 1.29 is 23.2 Å². The average Bonchev–Trinajstić information content (AvgIpc) is 3.12. The fourth-order valence-electron chi connectivity index (χ4n) is 2.71. The molecule has 0 unspecified atom stereocenters. The molecule has 4 aromatic rings. The molecule has 4 rings (SSSR count). The van der Waals surface area contributed by atoms with Crippen LogP contribution in [0.4, 0.5) is 4.39 Å². The summed E-state index contributed by atoms with van der Waals surface area (Å²) in [6.07, 6.45) is 0. The molecule has 0 radical (unpaired) electrons. The number of methoxy groups -OCH3 is 1. The van der Waals surface area contributed by atoms with Crippen LogP contribution in [-0.4, -0.2) is 18.2 Å². The summed E-state index contributed by atoms with van der Waals surface area (Å²) in [6.45, 7) is 0. The first-order valence-electron chi connectivity index (χ1n) is 8.15. The van der Waals surface area contributed by atoms with Gasteiger partial charge in [0, 0.05) is 17.0 Å². The van der Waals surface area contributed by atoms with E-state index < -0.39 is 5.97 Å². The number of carbonyl (C=O) groups excluding carboxylic acids is 1. The van der Waals surface area contributed by atoms with Crippen molar-refractivity contribution in [3.63, 3.8) is 0 Å². The number of aromatic nitrogens is 1. The predicted octanol–water partition coefficient (Wildman–Crippen LogP) is 4.86. The van der Waals surface area contributed by atoms with Gasteiger partial charge >= 0.3 is 5.97 Å². The quantitative estimate of drug-likeness (QED) is 0.383. The van der Waals surface area contributed by atoms with Crippen LogP contribution in [-0.2, 0) is 0 Å². The number of carbonyl (C=O) groups is 1. The molecular weight excluding hydrogens is 349 g/mol. The van der Waals surface area contributed by atoms with Gasteiger partial charge in [0.1, 0.15) is 23.0 Å². The second kappa shape index (κ2) is 6.92. The lowest BCUT2D eigenvalue weighted by Crippen LogP contribution is -2.08. The largest absolute Gasteiger partial charge is 0.497 e. The van der Waals surface area contributed by atoms with Crippen molar-refractivity contribution in [3.8, 4) is 22.8 Å². The maximum Gasteiger partial charge on any atom is 0.343 e. The number of rotatable bonds is 4. The van der Waals surface area contributed by atoms with Gasteiger partial charge in [0.15, 0.2) is 5.58 Å². The lowest BCUT2D eigenvalue weighted by molar-refractivity contribution is 0.0734. The SMILES string of the molecule is COc1cccc(C(=O)Oc2ccc3c(-c4ccc(F)cc4)noc3c2)c1. The minimum absolute atomic E-state index is 0.321. The van der Waals surface area contributed by atoms with Crippen LogP contribution in [0.15, 0.2) is 71.3 Å². The number of esters is 1. The standard InChI is InChI=1S/C21H14FNO4/c1-25-16-4-2-3-14(11-16)21(24)26-17-9-10-18-19(12-17)27-23-20(18)13-5-7-15(22)8-6-13/h2-12H,1H3. The van der Waals surface area contributed by atoms with E-state index in [1.165, 1.54) is 19.2 Å². The molecule has 0 saturated heterocycles. The zero-order valence-corrected chi connectivity index (χ0v) is 14.3. The first kappa shape index (κ1) is 16.8. The van der Waals surface area contributed by atoms with Crippen LogP contribution in [0.2, 0.25) is 0 Å². The Labute approximate surface area is 153 Å². The van der Waals surface area contributed by atoms with E-state index in [2.05, 4.69) is 5.16 Å². The lowest BCUT2D eigenvalue weighted by Gasteiger charge is -2.05. The molecule has 1 heterocycles. The van der Waals surface area contributed by atoms with Crippen LogP contribution in [0.25, 0.3) is 22.2 Å². The number of ether oxygens (including phenoxy) is 2. The second-order valence-corrected chi connectivity index (χ2v) is 5.82. The summed E-state index contributed by atoms with van der Waals surface area (Å²) in [5.74, 6) is 0.0704. The summed E-state index contributed by atoms with van der Waals surface area (Å²) >= 11 is 0. The fraction of sp³-hybridized carbons (Fsp3) is 0.0476. The highest BCUT2D eigenvalue weighted by Crippen LogP contribution is 2.30. The van der Waals surface area contributed by atoms with Gasteiger partial charge in [0.2, 0.25) is 0 Å². The minimum atomic E-state index is -0.508. The van der Waals surface area contributed by atoms with E-state index in [1.807, 2.05) is 0 Å². The highest BCUT2D eigenvalue weighted by molar-refractivity contribution is 5.94. The third kappa shape index (κ3) is 3.37. The minimum Gasteiger partial charge on any atom is -0.497 e. The van der Waals surface area contributed by atoms with Gasteiger partial charge in [0.25, 0.3) is 0 Å². The third-order valence-corrected chi connectivity index (χ3v) is 4.08. The number of halogens is 1. The van der Waals surface area contributed by atoms with E-state index in [0.717, 1.165) is 10.9 Å². The van der Waals surface area contributed by atoms with Crippen LogP contribution >= 0.6 is 0 Å². The zero-order valence-electron chi connectivity index (χ0n) is 14.3. The molecule has 0 bridgehead atoms. The molecular formula is C21H14FNO4. The molecule has 27 heavy (non-hydrogen) atoms. The number of hydrogen-bond donors (Lipinski definition) is 0. The average molecular weight is 363 g/mol. The van der Waals surface area contributed by atoms with Crippen molar-refractivity contribution in [2.45, 2.75) is 0 Å². The van der Waals surface area contributed by atoms with Crippen LogP contribution in [0.3, 0.4) is 0 Å². The topological polar surface area (TPSA) is 61.6 Å². The van der Waals surface area contributed by atoms with E-state index in [4.69, 9.17) is 14.0 Å². The highest BCUT2D eigenvalue weighted by Gasteiger charge is 2.14. The maximum atomic E-state index is 13.1.